The van der Waals surface area contributed by atoms with Crippen molar-refractivity contribution in [3.05, 3.63) is 76.5 Å². The Kier molecular flexibility index (Phi) is 7.94. The number of amidine groups is 1. The Bertz CT molecular complexity index is 1080. The predicted molar refractivity (Wildman–Crippen MR) is 119 cm³/mol. The van der Waals surface area contributed by atoms with Crippen LogP contribution in [0.3, 0.4) is 0 Å². The van der Waals surface area contributed by atoms with Crippen molar-refractivity contribution in [3.8, 4) is 11.3 Å². The second kappa shape index (κ2) is 10.9. The lowest BCUT2D eigenvalue weighted by Crippen LogP contribution is -2.31. The number of oxazole rings is 1. The summed E-state index contributed by atoms with van der Waals surface area (Å²) in [6.45, 7) is 1.40. The molecule has 3 rings (SSSR count). The Morgan fingerprint density at radius 2 is 2.06 bits per heavy atom. The Morgan fingerprint density at radius 1 is 1.28 bits per heavy atom. The summed E-state index contributed by atoms with van der Waals surface area (Å²) < 4.78 is 32.6. The minimum atomic E-state index is -0.883. The monoisotopic (exact) mass is 460 g/mol. The van der Waals surface area contributed by atoms with E-state index in [0.29, 0.717) is 25.1 Å². The Labute approximate surface area is 189 Å². The van der Waals surface area contributed by atoms with Gasteiger partial charge in [0.15, 0.2) is 5.76 Å². The van der Waals surface area contributed by atoms with Crippen molar-refractivity contribution in [2.24, 2.45) is 0 Å². The number of alkyl halides is 1. The van der Waals surface area contributed by atoms with Gasteiger partial charge in [-0.3, -0.25) is 10.2 Å². The van der Waals surface area contributed by atoms with E-state index in [1.165, 1.54) is 12.1 Å². The number of hydrogen-bond acceptors (Lipinski definition) is 4. The second-order valence-corrected chi connectivity index (χ2v) is 7.64. The number of aromatic nitrogens is 1. The zero-order valence-corrected chi connectivity index (χ0v) is 18.2. The molecule has 1 atom stereocenters. The summed E-state index contributed by atoms with van der Waals surface area (Å²) in [5.41, 5.74) is 1.63. The molecular weight excluding hydrogens is 438 g/mol. The van der Waals surface area contributed by atoms with Crippen LogP contribution in [0.2, 0.25) is 5.02 Å². The molecule has 0 unspecified atom stereocenters. The van der Waals surface area contributed by atoms with E-state index in [0.717, 1.165) is 17.2 Å². The molecule has 2 aromatic carbocycles. The number of amides is 1. The first-order valence-corrected chi connectivity index (χ1v) is 10.4. The SMILES string of the molecule is Cc1cccc(-c2cnc([C@H](CCCNC(=N)CF)NC(=O)c3c(F)cccc3Cl)o2)c1. The fourth-order valence-corrected chi connectivity index (χ4v) is 3.42. The minimum absolute atomic E-state index is 0.00726. The lowest BCUT2D eigenvalue weighted by molar-refractivity contribution is 0.0923. The number of hydrogen-bond donors (Lipinski definition) is 3. The maximum atomic E-state index is 14.2. The van der Waals surface area contributed by atoms with Crippen LogP contribution in [0.25, 0.3) is 11.3 Å². The van der Waals surface area contributed by atoms with Crippen LogP contribution < -0.4 is 10.6 Å². The molecule has 0 fully saturated rings. The summed E-state index contributed by atoms with van der Waals surface area (Å²) in [6.07, 6.45) is 2.40. The van der Waals surface area contributed by atoms with E-state index in [1.54, 1.807) is 6.20 Å². The average molecular weight is 461 g/mol. The van der Waals surface area contributed by atoms with Crippen LogP contribution in [0.4, 0.5) is 8.78 Å². The van der Waals surface area contributed by atoms with Crippen LogP contribution in [0.5, 0.6) is 0 Å². The summed E-state index contributed by atoms with van der Waals surface area (Å²) in [6, 6.07) is 11.0. The topological polar surface area (TPSA) is 91.0 Å². The van der Waals surface area contributed by atoms with Crippen molar-refractivity contribution in [1.82, 2.24) is 15.6 Å². The molecule has 3 aromatic rings. The predicted octanol–water partition coefficient (Wildman–Crippen LogP) is 5.23. The zero-order valence-electron chi connectivity index (χ0n) is 17.4. The molecule has 168 valence electrons. The van der Waals surface area contributed by atoms with Gasteiger partial charge in [-0.15, -0.1) is 0 Å². The van der Waals surface area contributed by atoms with E-state index < -0.39 is 24.4 Å². The van der Waals surface area contributed by atoms with Gasteiger partial charge < -0.3 is 15.1 Å². The van der Waals surface area contributed by atoms with Crippen LogP contribution in [0.15, 0.2) is 53.1 Å². The molecule has 0 aliphatic carbocycles. The largest absolute Gasteiger partial charge is 0.438 e. The van der Waals surface area contributed by atoms with Crippen LogP contribution in [-0.4, -0.2) is 29.9 Å². The Balaban J connectivity index is 1.81. The van der Waals surface area contributed by atoms with Gasteiger partial charge in [0.25, 0.3) is 5.91 Å². The quantitative estimate of drug-likeness (QED) is 0.231. The summed E-state index contributed by atoms with van der Waals surface area (Å²) in [5, 5.41) is 12.7. The first-order chi connectivity index (χ1) is 15.4. The molecule has 1 heterocycles. The summed E-state index contributed by atoms with van der Waals surface area (Å²) in [5.74, 6) is -0.869. The molecule has 0 radical (unpaired) electrons. The van der Waals surface area contributed by atoms with E-state index in [9.17, 15) is 13.6 Å². The first kappa shape index (κ1) is 23.4. The van der Waals surface area contributed by atoms with E-state index in [2.05, 4.69) is 15.6 Å². The van der Waals surface area contributed by atoms with Gasteiger partial charge in [-0.1, -0.05) is 41.4 Å². The van der Waals surface area contributed by atoms with Crippen molar-refractivity contribution in [2.75, 3.05) is 13.2 Å². The van der Waals surface area contributed by atoms with Crippen LogP contribution >= 0.6 is 11.6 Å². The third-order valence-corrected chi connectivity index (χ3v) is 5.08. The van der Waals surface area contributed by atoms with Crippen molar-refractivity contribution < 1.29 is 18.0 Å². The minimum Gasteiger partial charge on any atom is -0.438 e. The average Bonchev–Trinajstić information content (AvgIpc) is 3.26. The number of benzene rings is 2. The first-order valence-electron chi connectivity index (χ1n) is 10.0. The van der Waals surface area contributed by atoms with Crippen LogP contribution in [0, 0.1) is 18.2 Å². The molecule has 1 aromatic heterocycles. The lowest BCUT2D eigenvalue weighted by Gasteiger charge is -2.17. The van der Waals surface area contributed by atoms with Gasteiger partial charge in [-0.25, -0.2) is 13.8 Å². The number of carbonyl (C=O) groups excluding carboxylic acids is 1. The maximum Gasteiger partial charge on any atom is 0.256 e. The molecule has 1 amide bonds. The number of nitrogens with zero attached hydrogens (tertiary/aromatic N) is 1. The maximum absolute atomic E-state index is 14.2. The third-order valence-electron chi connectivity index (χ3n) is 4.76. The molecule has 6 nitrogen and oxygen atoms in total. The van der Waals surface area contributed by atoms with E-state index in [-0.39, 0.29) is 22.3 Å². The summed E-state index contributed by atoms with van der Waals surface area (Å²) in [4.78, 5) is 17.1. The molecular formula is C23H23ClF2N4O2. The molecule has 3 N–H and O–H groups in total. The Hall–Kier alpha value is -3.26. The van der Waals surface area contributed by atoms with Gasteiger partial charge in [-0.2, -0.15) is 0 Å². The standard InChI is InChI=1S/C23H23ClF2N4O2/c1-14-5-2-6-15(11-14)19-13-29-23(32-19)18(9-4-10-28-20(27)12-25)30-22(31)21-16(24)7-3-8-17(21)26/h2-3,5-8,11,13,18H,4,9-10,12H2,1H3,(H2,27,28)(H,30,31)/t18-/m0/s1. The van der Waals surface area contributed by atoms with Crippen LogP contribution in [-0.2, 0) is 0 Å². The van der Waals surface area contributed by atoms with Crippen molar-refractivity contribution in [1.29, 1.82) is 5.41 Å². The number of halogens is 3. The molecule has 32 heavy (non-hydrogen) atoms. The summed E-state index contributed by atoms with van der Waals surface area (Å²) >= 11 is 6.02. The van der Waals surface area contributed by atoms with Crippen LogP contribution in [0.1, 0.15) is 40.7 Å². The molecule has 0 saturated carbocycles. The van der Waals surface area contributed by atoms with E-state index >= 15 is 0 Å². The van der Waals surface area contributed by atoms with Gasteiger partial charge in [0.2, 0.25) is 5.89 Å². The van der Waals surface area contributed by atoms with E-state index in [4.69, 9.17) is 21.4 Å². The fourth-order valence-electron chi connectivity index (χ4n) is 3.18. The van der Waals surface area contributed by atoms with Gasteiger partial charge in [0.05, 0.1) is 16.8 Å². The molecule has 9 heteroatoms. The number of aryl methyl sites for hydroxylation is 1. The molecule has 0 aliphatic heterocycles. The fraction of sp³-hybridized carbons (Fsp3) is 0.261. The zero-order chi connectivity index (χ0) is 23.1. The second-order valence-electron chi connectivity index (χ2n) is 7.24. The summed E-state index contributed by atoms with van der Waals surface area (Å²) in [7, 11) is 0. The van der Waals surface area contributed by atoms with Gasteiger partial charge >= 0.3 is 0 Å². The lowest BCUT2D eigenvalue weighted by atomic mass is 10.1. The Morgan fingerprint density at radius 3 is 2.78 bits per heavy atom. The highest BCUT2D eigenvalue weighted by Gasteiger charge is 2.24. The third kappa shape index (κ3) is 5.91. The van der Waals surface area contributed by atoms with Crippen molar-refractivity contribution in [3.63, 3.8) is 0 Å². The highest BCUT2D eigenvalue weighted by atomic mass is 35.5. The number of nitrogens with one attached hydrogen (secondary N) is 3. The van der Waals surface area contributed by atoms with Crippen molar-refractivity contribution >= 4 is 23.3 Å². The highest BCUT2D eigenvalue weighted by molar-refractivity contribution is 6.33. The van der Waals surface area contributed by atoms with E-state index in [1.807, 2.05) is 31.2 Å². The highest BCUT2D eigenvalue weighted by Crippen LogP contribution is 2.27. The smallest absolute Gasteiger partial charge is 0.256 e. The molecule has 0 aliphatic rings. The molecule has 0 bridgehead atoms. The van der Waals surface area contributed by atoms with Gasteiger partial charge in [0.1, 0.15) is 24.4 Å². The normalized spacial score (nSPS) is 11.8. The van der Waals surface area contributed by atoms with Crippen molar-refractivity contribution in [2.45, 2.75) is 25.8 Å². The number of carbonyl (C=O) groups is 1. The van der Waals surface area contributed by atoms with Gasteiger partial charge in [-0.05, 0) is 38.0 Å². The molecule has 0 spiro atoms. The number of rotatable bonds is 9. The molecule has 0 saturated heterocycles. The van der Waals surface area contributed by atoms with Gasteiger partial charge in [0, 0.05) is 12.1 Å².